The monoisotopic (exact) mass is 317 g/mol. The lowest BCUT2D eigenvalue weighted by Gasteiger charge is -2.03. The molecule has 1 N–H and O–H groups in total. The van der Waals surface area contributed by atoms with E-state index in [-0.39, 0.29) is 18.5 Å². The van der Waals surface area contributed by atoms with Crippen molar-refractivity contribution in [3.05, 3.63) is 58.1 Å². The molecule has 0 amide bonds. The van der Waals surface area contributed by atoms with E-state index >= 15 is 0 Å². The molecule has 2 heterocycles. The highest BCUT2D eigenvalue weighted by Crippen LogP contribution is 2.26. The lowest BCUT2D eigenvalue weighted by Crippen LogP contribution is -2.22. The van der Waals surface area contributed by atoms with Gasteiger partial charge in [0.05, 0.1) is 17.1 Å². The minimum Gasteiger partial charge on any atom is -0.481 e. The van der Waals surface area contributed by atoms with Crippen molar-refractivity contribution in [1.82, 2.24) is 14.2 Å². The zero-order valence-electron chi connectivity index (χ0n) is 11.4. The number of carbonyl (C=O) groups is 1. The highest BCUT2D eigenvalue weighted by atomic mass is 35.5. The predicted molar refractivity (Wildman–Crippen MR) is 82.2 cm³/mol. The smallest absolute Gasteiger partial charge is 0.305 e. The second kappa shape index (κ2) is 5.65. The van der Waals surface area contributed by atoms with E-state index in [1.54, 1.807) is 18.3 Å². The van der Waals surface area contributed by atoms with E-state index in [4.69, 9.17) is 16.7 Å². The summed E-state index contributed by atoms with van der Waals surface area (Å²) in [7, 11) is 0. The largest absolute Gasteiger partial charge is 0.481 e. The Hall–Kier alpha value is -2.60. The quantitative estimate of drug-likeness (QED) is 0.801. The lowest BCUT2D eigenvalue weighted by atomic mass is 10.1. The van der Waals surface area contributed by atoms with E-state index < -0.39 is 5.97 Å². The maximum absolute atomic E-state index is 12.3. The summed E-state index contributed by atoms with van der Waals surface area (Å²) >= 11 is 6.14. The Kier molecular flexibility index (Phi) is 3.68. The first kappa shape index (κ1) is 14.3. The van der Waals surface area contributed by atoms with Crippen LogP contribution >= 0.6 is 11.6 Å². The third kappa shape index (κ3) is 2.60. The van der Waals surface area contributed by atoms with Crippen molar-refractivity contribution in [2.45, 2.75) is 13.0 Å². The molecule has 0 aliphatic rings. The first-order chi connectivity index (χ1) is 10.6. The molecule has 0 spiro atoms. The Morgan fingerprint density at radius 2 is 2.05 bits per heavy atom. The fraction of sp³-hybridized carbons (Fsp3) is 0.133. The number of aryl methyl sites for hydroxylation is 1. The second-order valence-corrected chi connectivity index (χ2v) is 5.19. The standard InChI is InChI=1S/C15H12ClN3O3/c16-11-4-2-1-3-10(11)12-9-13-15(22)18(6-5-14(20)21)7-8-19(13)17-12/h1-4,7-9H,5-6H2,(H,20,21). The van der Waals surface area contributed by atoms with E-state index in [1.807, 2.05) is 18.2 Å². The number of aliphatic carboxylic acids is 1. The Morgan fingerprint density at radius 1 is 1.27 bits per heavy atom. The Balaban J connectivity index is 2.07. The number of nitrogens with zero attached hydrogens (tertiary/aromatic N) is 3. The fourth-order valence-electron chi connectivity index (χ4n) is 2.22. The minimum absolute atomic E-state index is 0.110. The maximum atomic E-state index is 12.3. The predicted octanol–water partition coefficient (Wildman–Crippen LogP) is 2.29. The van der Waals surface area contributed by atoms with E-state index in [2.05, 4.69) is 5.10 Å². The Labute approximate surface area is 130 Å². The summed E-state index contributed by atoms with van der Waals surface area (Å²) in [6.07, 6.45) is 3.04. The molecule has 0 fully saturated rings. The van der Waals surface area contributed by atoms with Gasteiger partial charge in [-0.05, 0) is 12.1 Å². The summed E-state index contributed by atoms with van der Waals surface area (Å²) in [6, 6.07) is 8.90. The summed E-state index contributed by atoms with van der Waals surface area (Å²) in [6.45, 7) is 0.122. The van der Waals surface area contributed by atoms with Crippen LogP contribution in [0.25, 0.3) is 16.8 Å². The number of fused-ring (bicyclic) bond motifs is 1. The highest BCUT2D eigenvalue weighted by Gasteiger charge is 2.11. The van der Waals surface area contributed by atoms with Gasteiger partial charge in [-0.2, -0.15) is 5.10 Å². The Morgan fingerprint density at radius 3 is 2.77 bits per heavy atom. The van der Waals surface area contributed by atoms with Gasteiger partial charge >= 0.3 is 5.97 Å². The van der Waals surface area contributed by atoms with Crippen LogP contribution in [0.2, 0.25) is 5.02 Å². The van der Waals surface area contributed by atoms with Crippen molar-refractivity contribution < 1.29 is 9.90 Å². The summed E-state index contributed by atoms with van der Waals surface area (Å²) in [4.78, 5) is 23.0. The molecule has 0 bridgehead atoms. The zero-order valence-corrected chi connectivity index (χ0v) is 12.2. The average molecular weight is 318 g/mol. The summed E-state index contributed by atoms with van der Waals surface area (Å²) in [5, 5.41) is 13.6. The van der Waals surface area contributed by atoms with Crippen molar-refractivity contribution >= 4 is 23.1 Å². The fourth-order valence-corrected chi connectivity index (χ4v) is 2.45. The highest BCUT2D eigenvalue weighted by molar-refractivity contribution is 6.33. The second-order valence-electron chi connectivity index (χ2n) is 4.78. The van der Waals surface area contributed by atoms with E-state index in [0.717, 1.165) is 5.56 Å². The molecule has 6 nitrogen and oxygen atoms in total. The van der Waals surface area contributed by atoms with Gasteiger partial charge in [0.1, 0.15) is 5.52 Å². The molecule has 3 rings (SSSR count). The van der Waals surface area contributed by atoms with Gasteiger partial charge in [0.15, 0.2) is 0 Å². The van der Waals surface area contributed by atoms with E-state index in [1.165, 1.54) is 15.3 Å². The first-order valence-corrected chi connectivity index (χ1v) is 6.99. The summed E-state index contributed by atoms with van der Waals surface area (Å²) in [5.74, 6) is -0.947. The number of hydrogen-bond acceptors (Lipinski definition) is 3. The lowest BCUT2D eigenvalue weighted by molar-refractivity contribution is -0.137. The van der Waals surface area contributed by atoms with Crippen LogP contribution in [0, 0.1) is 0 Å². The molecule has 0 radical (unpaired) electrons. The topological polar surface area (TPSA) is 76.6 Å². The third-order valence-corrected chi connectivity index (χ3v) is 3.65. The molecule has 0 unspecified atom stereocenters. The van der Waals surface area contributed by atoms with Crippen molar-refractivity contribution in [2.24, 2.45) is 0 Å². The van der Waals surface area contributed by atoms with Crippen molar-refractivity contribution in [1.29, 1.82) is 0 Å². The van der Waals surface area contributed by atoms with Gasteiger partial charge in [-0.25, -0.2) is 4.52 Å². The number of halogens is 1. The van der Waals surface area contributed by atoms with Crippen LogP contribution in [0.15, 0.2) is 47.5 Å². The van der Waals surface area contributed by atoms with Crippen LogP contribution in [0.1, 0.15) is 6.42 Å². The number of carboxylic acids is 1. The van der Waals surface area contributed by atoms with Crippen molar-refractivity contribution in [3.63, 3.8) is 0 Å². The Bertz CT molecular complexity index is 914. The van der Waals surface area contributed by atoms with E-state index in [9.17, 15) is 9.59 Å². The number of aromatic nitrogens is 3. The van der Waals surface area contributed by atoms with Gasteiger partial charge in [0, 0.05) is 24.5 Å². The van der Waals surface area contributed by atoms with Crippen LogP contribution in [0.4, 0.5) is 0 Å². The molecular formula is C15H12ClN3O3. The van der Waals surface area contributed by atoms with Gasteiger partial charge in [-0.15, -0.1) is 0 Å². The molecule has 0 aliphatic heterocycles. The van der Waals surface area contributed by atoms with Gasteiger partial charge in [-0.3, -0.25) is 9.59 Å². The molecular weight excluding hydrogens is 306 g/mol. The molecule has 0 aliphatic carbocycles. The molecule has 0 atom stereocenters. The molecule has 1 aromatic carbocycles. The molecule has 0 saturated heterocycles. The van der Waals surface area contributed by atoms with Crippen LogP contribution < -0.4 is 5.56 Å². The van der Waals surface area contributed by atoms with Crippen LogP contribution in [0.5, 0.6) is 0 Å². The molecule has 22 heavy (non-hydrogen) atoms. The molecule has 0 saturated carbocycles. The van der Waals surface area contributed by atoms with Crippen LogP contribution in [-0.4, -0.2) is 25.3 Å². The maximum Gasteiger partial charge on any atom is 0.305 e. The van der Waals surface area contributed by atoms with E-state index in [0.29, 0.717) is 16.2 Å². The zero-order chi connectivity index (χ0) is 15.7. The average Bonchev–Trinajstić information content (AvgIpc) is 2.91. The van der Waals surface area contributed by atoms with Gasteiger partial charge < -0.3 is 9.67 Å². The first-order valence-electron chi connectivity index (χ1n) is 6.62. The SMILES string of the molecule is O=C(O)CCn1ccn2nc(-c3ccccc3Cl)cc2c1=O. The number of carboxylic acid groups (broad SMARTS) is 1. The van der Waals surface area contributed by atoms with Gasteiger partial charge in [-0.1, -0.05) is 29.8 Å². The number of hydrogen-bond donors (Lipinski definition) is 1. The van der Waals surface area contributed by atoms with Crippen LogP contribution in [-0.2, 0) is 11.3 Å². The van der Waals surface area contributed by atoms with Gasteiger partial charge in [0.25, 0.3) is 5.56 Å². The molecule has 7 heteroatoms. The van der Waals surface area contributed by atoms with Crippen molar-refractivity contribution in [3.8, 4) is 11.3 Å². The number of benzene rings is 1. The summed E-state index contributed by atoms with van der Waals surface area (Å²) < 4.78 is 2.83. The van der Waals surface area contributed by atoms with Gasteiger partial charge in [0.2, 0.25) is 0 Å². The van der Waals surface area contributed by atoms with Crippen molar-refractivity contribution in [2.75, 3.05) is 0 Å². The number of rotatable bonds is 4. The normalized spacial score (nSPS) is 11.0. The molecule has 112 valence electrons. The van der Waals surface area contributed by atoms with Crippen LogP contribution in [0.3, 0.4) is 0 Å². The summed E-state index contributed by atoms with van der Waals surface area (Å²) in [5.41, 5.74) is 1.43. The third-order valence-electron chi connectivity index (χ3n) is 3.32. The minimum atomic E-state index is -0.947. The molecule has 2 aromatic heterocycles. The molecule has 3 aromatic rings.